The Morgan fingerprint density at radius 3 is 2.67 bits per heavy atom. The molecule has 1 aromatic heterocycles. The highest BCUT2D eigenvalue weighted by Gasteiger charge is 2.37. The minimum absolute atomic E-state index is 0.0948. The number of hydrogen-bond donors (Lipinski definition) is 1. The third-order valence-corrected chi connectivity index (χ3v) is 5.33. The molecule has 1 unspecified atom stereocenters. The average Bonchev–Trinajstić information content (AvgIpc) is 3.19. The number of hydrogen-bond acceptors (Lipinski definition) is 5. The molecule has 2 fully saturated rings. The first-order chi connectivity index (χ1) is 13.2. The molecule has 27 heavy (non-hydrogen) atoms. The van der Waals surface area contributed by atoms with Crippen LogP contribution < -0.4 is 10.1 Å². The summed E-state index contributed by atoms with van der Waals surface area (Å²) in [4.78, 5) is 31.5. The second-order valence-corrected chi connectivity index (χ2v) is 7.24. The van der Waals surface area contributed by atoms with Crippen molar-refractivity contribution in [2.75, 3.05) is 32.2 Å². The molecule has 3 rings (SSSR count). The second kappa shape index (κ2) is 9.69. The molecule has 1 aliphatic heterocycles. The van der Waals surface area contributed by atoms with Crippen LogP contribution in [0, 0.1) is 5.92 Å². The summed E-state index contributed by atoms with van der Waals surface area (Å²) in [5.74, 6) is 0.608. The SMILES string of the molecule is COCCOc1ccc(NC(=O)C2CCCN2C(=O)C2CCCCC2)cn1. The van der Waals surface area contributed by atoms with Gasteiger partial charge in [0.15, 0.2) is 0 Å². The smallest absolute Gasteiger partial charge is 0.247 e. The lowest BCUT2D eigenvalue weighted by Crippen LogP contribution is -2.46. The lowest BCUT2D eigenvalue weighted by atomic mass is 9.88. The summed E-state index contributed by atoms with van der Waals surface area (Å²) in [6.45, 7) is 1.60. The van der Waals surface area contributed by atoms with E-state index in [9.17, 15) is 9.59 Å². The predicted octanol–water partition coefficient (Wildman–Crippen LogP) is 2.62. The molecule has 0 bridgehead atoms. The second-order valence-electron chi connectivity index (χ2n) is 7.24. The fraction of sp³-hybridized carbons (Fsp3) is 0.650. The zero-order valence-corrected chi connectivity index (χ0v) is 16.0. The average molecular weight is 375 g/mol. The third-order valence-electron chi connectivity index (χ3n) is 5.33. The van der Waals surface area contributed by atoms with Gasteiger partial charge >= 0.3 is 0 Å². The minimum atomic E-state index is -0.378. The summed E-state index contributed by atoms with van der Waals surface area (Å²) in [7, 11) is 1.61. The molecular weight excluding hydrogens is 346 g/mol. The van der Waals surface area contributed by atoms with Gasteiger partial charge in [0, 0.05) is 25.6 Å². The van der Waals surface area contributed by atoms with Crippen molar-refractivity contribution in [1.82, 2.24) is 9.88 Å². The normalized spacial score (nSPS) is 20.5. The molecule has 7 nitrogen and oxygen atoms in total. The van der Waals surface area contributed by atoms with Crippen molar-refractivity contribution in [2.24, 2.45) is 5.92 Å². The van der Waals surface area contributed by atoms with E-state index in [-0.39, 0.29) is 23.8 Å². The summed E-state index contributed by atoms with van der Waals surface area (Å²) >= 11 is 0. The Kier molecular flexibility index (Phi) is 7.04. The molecule has 1 N–H and O–H groups in total. The number of ether oxygens (including phenoxy) is 2. The van der Waals surface area contributed by atoms with Crippen molar-refractivity contribution in [3.8, 4) is 5.88 Å². The predicted molar refractivity (Wildman–Crippen MR) is 102 cm³/mol. The lowest BCUT2D eigenvalue weighted by molar-refractivity contribution is -0.141. The Bertz CT molecular complexity index is 629. The number of rotatable bonds is 7. The van der Waals surface area contributed by atoms with Gasteiger partial charge in [0.2, 0.25) is 17.7 Å². The quantitative estimate of drug-likeness (QED) is 0.741. The first-order valence-corrected chi connectivity index (χ1v) is 9.88. The van der Waals surface area contributed by atoms with E-state index in [2.05, 4.69) is 10.3 Å². The molecule has 1 atom stereocenters. The van der Waals surface area contributed by atoms with E-state index in [0.717, 1.165) is 38.5 Å². The summed E-state index contributed by atoms with van der Waals surface area (Å²) in [6, 6.07) is 3.09. The number of nitrogens with zero attached hydrogens (tertiary/aromatic N) is 2. The van der Waals surface area contributed by atoms with Gasteiger partial charge in [-0.1, -0.05) is 19.3 Å². The Morgan fingerprint density at radius 2 is 1.96 bits per heavy atom. The zero-order valence-electron chi connectivity index (χ0n) is 16.0. The number of carbonyl (C=O) groups excluding carboxylic acids is 2. The van der Waals surface area contributed by atoms with Gasteiger partial charge in [-0.2, -0.15) is 0 Å². The van der Waals surface area contributed by atoms with Crippen LogP contribution in [0.1, 0.15) is 44.9 Å². The van der Waals surface area contributed by atoms with Crippen LogP contribution in [0.4, 0.5) is 5.69 Å². The van der Waals surface area contributed by atoms with Gasteiger partial charge < -0.3 is 19.7 Å². The zero-order chi connectivity index (χ0) is 19.1. The first kappa shape index (κ1) is 19.6. The molecule has 2 aliphatic rings. The van der Waals surface area contributed by atoms with E-state index in [1.807, 2.05) is 0 Å². The van der Waals surface area contributed by atoms with Crippen LogP contribution in [0.25, 0.3) is 0 Å². The van der Waals surface area contributed by atoms with E-state index in [0.29, 0.717) is 31.3 Å². The van der Waals surface area contributed by atoms with E-state index in [1.165, 1.54) is 6.42 Å². The van der Waals surface area contributed by atoms with Crippen LogP contribution in [0.2, 0.25) is 0 Å². The summed E-state index contributed by atoms with van der Waals surface area (Å²) in [6.07, 6.45) is 8.53. The van der Waals surface area contributed by atoms with E-state index < -0.39 is 0 Å². The van der Waals surface area contributed by atoms with Crippen LogP contribution in [0.15, 0.2) is 18.3 Å². The first-order valence-electron chi connectivity index (χ1n) is 9.88. The van der Waals surface area contributed by atoms with Crippen LogP contribution in [-0.4, -0.2) is 54.6 Å². The Balaban J connectivity index is 1.55. The number of methoxy groups -OCH3 is 1. The molecule has 148 valence electrons. The minimum Gasteiger partial charge on any atom is -0.475 e. The molecule has 2 amide bonds. The largest absolute Gasteiger partial charge is 0.475 e. The standard InChI is InChI=1S/C20H29N3O4/c1-26-12-13-27-18-10-9-16(14-21-18)22-19(24)17-8-5-11-23(17)20(25)15-6-3-2-4-7-15/h9-10,14-15,17H,2-8,11-13H2,1H3,(H,22,24). The molecule has 0 radical (unpaired) electrons. The number of aromatic nitrogens is 1. The molecule has 1 aliphatic carbocycles. The van der Waals surface area contributed by atoms with Gasteiger partial charge in [0.1, 0.15) is 12.6 Å². The Hall–Kier alpha value is -2.15. The number of amides is 2. The van der Waals surface area contributed by atoms with Crippen molar-refractivity contribution in [3.05, 3.63) is 18.3 Å². The van der Waals surface area contributed by atoms with Crippen molar-refractivity contribution in [2.45, 2.75) is 51.0 Å². The van der Waals surface area contributed by atoms with Crippen molar-refractivity contribution < 1.29 is 19.1 Å². The summed E-state index contributed by atoms with van der Waals surface area (Å²) < 4.78 is 10.3. The van der Waals surface area contributed by atoms with Gasteiger partial charge in [-0.05, 0) is 31.7 Å². The van der Waals surface area contributed by atoms with E-state index in [4.69, 9.17) is 9.47 Å². The molecule has 7 heteroatoms. The fourth-order valence-corrected chi connectivity index (χ4v) is 3.88. The maximum absolute atomic E-state index is 12.8. The molecule has 0 spiro atoms. The third kappa shape index (κ3) is 5.19. The number of pyridine rings is 1. The fourth-order valence-electron chi connectivity index (χ4n) is 3.88. The molecule has 1 saturated heterocycles. The Labute approximate surface area is 160 Å². The van der Waals surface area contributed by atoms with E-state index >= 15 is 0 Å². The topological polar surface area (TPSA) is 80.8 Å². The van der Waals surface area contributed by atoms with Gasteiger partial charge in [-0.25, -0.2) is 4.98 Å². The number of likely N-dealkylation sites (tertiary alicyclic amines) is 1. The van der Waals surface area contributed by atoms with Crippen molar-refractivity contribution in [1.29, 1.82) is 0 Å². The molecule has 1 saturated carbocycles. The van der Waals surface area contributed by atoms with Crippen molar-refractivity contribution in [3.63, 3.8) is 0 Å². The van der Waals surface area contributed by atoms with Gasteiger partial charge in [0.25, 0.3) is 0 Å². The number of carbonyl (C=O) groups is 2. The maximum atomic E-state index is 12.8. The van der Waals surface area contributed by atoms with Crippen molar-refractivity contribution >= 4 is 17.5 Å². The number of nitrogens with one attached hydrogen (secondary N) is 1. The van der Waals surface area contributed by atoms with Crippen LogP contribution >= 0.6 is 0 Å². The highest BCUT2D eigenvalue weighted by molar-refractivity contribution is 5.97. The lowest BCUT2D eigenvalue weighted by Gasteiger charge is -2.30. The highest BCUT2D eigenvalue weighted by Crippen LogP contribution is 2.29. The molecule has 2 heterocycles. The van der Waals surface area contributed by atoms with E-state index in [1.54, 1.807) is 30.3 Å². The van der Waals surface area contributed by atoms with Gasteiger partial charge in [-0.15, -0.1) is 0 Å². The highest BCUT2D eigenvalue weighted by atomic mass is 16.5. The van der Waals surface area contributed by atoms with Gasteiger partial charge in [0.05, 0.1) is 18.5 Å². The summed E-state index contributed by atoms with van der Waals surface area (Å²) in [5, 5.41) is 2.89. The van der Waals surface area contributed by atoms with Crippen LogP contribution in [0.3, 0.4) is 0 Å². The molecular formula is C20H29N3O4. The molecule has 1 aromatic rings. The van der Waals surface area contributed by atoms with Crippen LogP contribution in [0.5, 0.6) is 5.88 Å². The monoisotopic (exact) mass is 375 g/mol. The molecule has 0 aromatic carbocycles. The maximum Gasteiger partial charge on any atom is 0.247 e. The number of anilines is 1. The summed E-state index contributed by atoms with van der Waals surface area (Å²) in [5.41, 5.74) is 0.607. The Morgan fingerprint density at radius 1 is 1.15 bits per heavy atom. The van der Waals surface area contributed by atoms with Gasteiger partial charge in [-0.3, -0.25) is 9.59 Å². The van der Waals surface area contributed by atoms with Crippen LogP contribution in [-0.2, 0) is 14.3 Å².